The van der Waals surface area contributed by atoms with Crippen molar-refractivity contribution >= 4 is 5.97 Å². The molecule has 1 fully saturated rings. The van der Waals surface area contributed by atoms with E-state index >= 15 is 0 Å². The molecule has 3 nitrogen and oxygen atoms in total. The van der Waals surface area contributed by atoms with Crippen molar-refractivity contribution in [1.29, 1.82) is 0 Å². The largest absolute Gasteiger partial charge is 0.466 e. The van der Waals surface area contributed by atoms with Gasteiger partial charge in [-0.1, -0.05) is 17.7 Å². The van der Waals surface area contributed by atoms with Gasteiger partial charge in [-0.15, -0.1) is 0 Å². The number of hydrogen-bond donors (Lipinski definition) is 1. The number of ether oxygens (including phenoxy) is 1. The molecule has 1 aromatic carbocycles. The summed E-state index contributed by atoms with van der Waals surface area (Å²) in [5.74, 6) is -0.187. The van der Waals surface area contributed by atoms with Gasteiger partial charge in [-0.25, -0.2) is 4.39 Å². The van der Waals surface area contributed by atoms with Gasteiger partial charge >= 0.3 is 5.97 Å². The minimum atomic E-state index is -0.159. The van der Waals surface area contributed by atoms with E-state index in [1.54, 1.807) is 6.07 Å². The van der Waals surface area contributed by atoms with Gasteiger partial charge in [0.15, 0.2) is 0 Å². The van der Waals surface area contributed by atoms with E-state index in [9.17, 15) is 9.18 Å². The predicted octanol–water partition coefficient (Wildman–Crippen LogP) is 3.35. The van der Waals surface area contributed by atoms with Gasteiger partial charge in [0, 0.05) is 18.2 Å². The highest BCUT2D eigenvalue weighted by atomic mass is 19.1. The number of nitrogens with one attached hydrogen (secondary N) is 1. The van der Waals surface area contributed by atoms with Crippen molar-refractivity contribution in [2.24, 2.45) is 5.92 Å². The number of aryl methyl sites for hydroxylation is 1. The zero-order chi connectivity index (χ0) is 15.2. The molecule has 0 saturated heterocycles. The van der Waals surface area contributed by atoms with E-state index < -0.39 is 0 Å². The lowest BCUT2D eigenvalue weighted by Crippen LogP contribution is -2.35. The van der Waals surface area contributed by atoms with Crippen LogP contribution in [0.2, 0.25) is 0 Å². The lowest BCUT2D eigenvalue weighted by atomic mass is 9.86. The minimum Gasteiger partial charge on any atom is -0.466 e. The first kappa shape index (κ1) is 16.0. The SMILES string of the molecule is CCOC(=O)C1CCC(NCc2cc(C)ccc2F)CC1. The van der Waals surface area contributed by atoms with E-state index in [2.05, 4.69) is 5.32 Å². The number of benzene rings is 1. The number of carbonyl (C=O) groups excluding carboxylic acids is 1. The van der Waals surface area contributed by atoms with Crippen molar-refractivity contribution in [3.63, 3.8) is 0 Å². The molecule has 4 heteroatoms. The minimum absolute atomic E-state index is 0.0405. The van der Waals surface area contributed by atoms with Crippen LogP contribution >= 0.6 is 0 Å². The van der Waals surface area contributed by atoms with Crippen LogP contribution in [0, 0.1) is 18.7 Å². The molecule has 116 valence electrons. The third-order valence-corrected chi connectivity index (χ3v) is 4.13. The summed E-state index contributed by atoms with van der Waals surface area (Å²) in [5.41, 5.74) is 1.78. The quantitative estimate of drug-likeness (QED) is 0.846. The fraction of sp³-hybridized carbons (Fsp3) is 0.588. The van der Waals surface area contributed by atoms with Crippen LogP contribution in [0.4, 0.5) is 4.39 Å². The van der Waals surface area contributed by atoms with Gasteiger partial charge in [0.2, 0.25) is 0 Å². The monoisotopic (exact) mass is 293 g/mol. The summed E-state index contributed by atoms with van der Waals surface area (Å²) in [6.45, 7) is 4.79. The van der Waals surface area contributed by atoms with E-state index in [1.165, 1.54) is 6.07 Å². The van der Waals surface area contributed by atoms with E-state index in [0.29, 0.717) is 24.8 Å². The number of halogens is 1. The number of hydrogen-bond acceptors (Lipinski definition) is 3. The highest BCUT2D eigenvalue weighted by Gasteiger charge is 2.26. The van der Waals surface area contributed by atoms with Crippen LogP contribution in [-0.2, 0) is 16.1 Å². The zero-order valence-electron chi connectivity index (χ0n) is 12.8. The second-order valence-electron chi connectivity index (χ2n) is 5.78. The van der Waals surface area contributed by atoms with Crippen LogP contribution in [-0.4, -0.2) is 18.6 Å². The molecular weight excluding hydrogens is 269 g/mol. The second kappa shape index (κ2) is 7.55. The molecule has 21 heavy (non-hydrogen) atoms. The summed E-state index contributed by atoms with van der Waals surface area (Å²) in [4.78, 5) is 11.7. The molecule has 1 saturated carbocycles. The van der Waals surface area contributed by atoms with Gasteiger partial charge in [0.1, 0.15) is 5.82 Å². The van der Waals surface area contributed by atoms with Gasteiger partial charge < -0.3 is 10.1 Å². The molecule has 0 aromatic heterocycles. The Morgan fingerprint density at radius 2 is 2.05 bits per heavy atom. The van der Waals surface area contributed by atoms with Crippen LogP contribution in [0.5, 0.6) is 0 Å². The average molecular weight is 293 g/mol. The number of rotatable bonds is 5. The standard InChI is InChI=1S/C17H24FNO2/c1-3-21-17(20)13-5-7-15(8-6-13)19-11-14-10-12(2)4-9-16(14)18/h4,9-10,13,15,19H,3,5-8,11H2,1-2H3. The Balaban J connectivity index is 1.79. The van der Waals surface area contributed by atoms with Crippen LogP contribution in [0.3, 0.4) is 0 Å². The lowest BCUT2D eigenvalue weighted by Gasteiger charge is -2.28. The summed E-state index contributed by atoms with van der Waals surface area (Å²) >= 11 is 0. The van der Waals surface area contributed by atoms with Crippen molar-refractivity contribution in [2.75, 3.05) is 6.61 Å². The third kappa shape index (κ3) is 4.53. The molecule has 1 aliphatic carbocycles. The molecule has 0 aliphatic heterocycles. The summed E-state index contributed by atoms with van der Waals surface area (Å²) < 4.78 is 18.7. The summed E-state index contributed by atoms with van der Waals surface area (Å²) in [6.07, 6.45) is 3.59. The van der Waals surface area contributed by atoms with Crippen molar-refractivity contribution in [2.45, 2.75) is 52.1 Å². The molecule has 0 heterocycles. The topological polar surface area (TPSA) is 38.3 Å². The molecule has 0 spiro atoms. The maximum atomic E-state index is 13.7. The smallest absolute Gasteiger partial charge is 0.308 e. The van der Waals surface area contributed by atoms with Crippen molar-refractivity contribution < 1.29 is 13.9 Å². The highest BCUT2D eigenvalue weighted by Crippen LogP contribution is 2.25. The lowest BCUT2D eigenvalue weighted by molar-refractivity contribution is -0.149. The molecule has 1 aliphatic rings. The van der Waals surface area contributed by atoms with Crippen molar-refractivity contribution in [1.82, 2.24) is 5.32 Å². The van der Waals surface area contributed by atoms with Crippen LogP contribution in [0.1, 0.15) is 43.7 Å². The summed E-state index contributed by atoms with van der Waals surface area (Å²) in [5, 5.41) is 3.41. The molecule has 0 unspecified atom stereocenters. The zero-order valence-corrected chi connectivity index (χ0v) is 12.8. The van der Waals surface area contributed by atoms with E-state index in [0.717, 1.165) is 31.2 Å². The van der Waals surface area contributed by atoms with Gasteiger partial charge in [-0.3, -0.25) is 4.79 Å². The fourth-order valence-electron chi connectivity index (χ4n) is 2.89. The van der Waals surface area contributed by atoms with Crippen LogP contribution in [0.15, 0.2) is 18.2 Å². The Morgan fingerprint density at radius 3 is 2.71 bits per heavy atom. The maximum absolute atomic E-state index is 13.7. The summed E-state index contributed by atoms with van der Waals surface area (Å²) in [6, 6.07) is 5.54. The molecule has 0 amide bonds. The Bertz CT molecular complexity index is 482. The van der Waals surface area contributed by atoms with Gasteiger partial charge in [-0.2, -0.15) is 0 Å². The highest BCUT2D eigenvalue weighted by molar-refractivity contribution is 5.72. The fourth-order valence-corrected chi connectivity index (χ4v) is 2.89. The Hall–Kier alpha value is -1.42. The van der Waals surface area contributed by atoms with Crippen LogP contribution < -0.4 is 5.32 Å². The Labute approximate surface area is 125 Å². The molecule has 0 bridgehead atoms. The van der Waals surface area contributed by atoms with E-state index in [-0.39, 0.29) is 17.7 Å². The normalized spacial score (nSPS) is 22.0. The van der Waals surface area contributed by atoms with E-state index in [4.69, 9.17) is 4.74 Å². The van der Waals surface area contributed by atoms with Crippen LogP contribution in [0.25, 0.3) is 0 Å². The molecule has 1 aromatic rings. The molecule has 2 rings (SSSR count). The molecule has 0 radical (unpaired) electrons. The molecule has 0 atom stereocenters. The third-order valence-electron chi connectivity index (χ3n) is 4.13. The van der Waals surface area contributed by atoms with E-state index in [1.807, 2.05) is 19.9 Å². The Kier molecular flexibility index (Phi) is 5.74. The van der Waals surface area contributed by atoms with Crippen molar-refractivity contribution in [3.05, 3.63) is 35.1 Å². The first-order valence-electron chi connectivity index (χ1n) is 7.75. The number of esters is 1. The second-order valence-corrected chi connectivity index (χ2v) is 5.78. The van der Waals surface area contributed by atoms with Gasteiger partial charge in [-0.05, 0) is 45.6 Å². The number of carbonyl (C=O) groups is 1. The molecular formula is C17H24FNO2. The predicted molar refractivity (Wildman–Crippen MR) is 80.4 cm³/mol. The first-order valence-corrected chi connectivity index (χ1v) is 7.75. The Morgan fingerprint density at radius 1 is 1.33 bits per heavy atom. The van der Waals surface area contributed by atoms with Crippen molar-refractivity contribution in [3.8, 4) is 0 Å². The van der Waals surface area contributed by atoms with Gasteiger partial charge in [0.05, 0.1) is 12.5 Å². The first-order chi connectivity index (χ1) is 10.1. The maximum Gasteiger partial charge on any atom is 0.308 e. The summed E-state index contributed by atoms with van der Waals surface area (Å²) in [7, 11) is 0. The average Bonchev–Trinajstić information content (AvgIpc) is 2.49. The molecule has 1 N–H and O–H groups in total. The van der Waals surface area contributed by atoms with Gasteiger partial charge in [0.25, 0.3) is 0 Å².